The van der Waals surface area contributed by atoms with Crippen LogP contribution in [0.5, 0.6) is 0 Å². The molecule has 0 bridgehead atoms. The molecule has 1 aromatic rings. The molecule has 103 valence electrons. The van der Waals surface area contributed by atoms with Crippen LogP contribution in [-0.4, -0.2) is 23.9 Å². The summed E-state index contributed by atoms with van der Waals surface area (Å²) < 4.78 is 0. The van der Waals surface area contributed by atoms with Gasteiger partial charge in [-0.2, -0.15) is 5.26 Å². The molecule has 3 nitrogen and oxygen atoms in total. The molecule has 1 radical (unpaired) electrons. The van der Waals surface area contributed by atoms with Crippen LogP contribution >= 0.6 is 0 Å². The molecule has 2 fully saturated rings. The highest BCUT2D eigenvalue weighted by atomic mass is 16.2. The number of benzene rings is 1. The Balaban J connectivity index is 1.57. The number of hydrogen-bond donors (Lipinski definition) is 0. The van der Waals surface area contributed by atoms with E-state index in [0.717, 1.165) is 38.8 Å². The van der Waals surface area contributed by atoms with Crippen LogP contribution in [0.1, 0.15) is 42.7 Å². The molecular weight excluding hydrogens is 248 g/mol. The van der Waals surface area contributed by atoms with Gasteiger partial charge >= 0.3 is 0 Å². The maximum atomic E-state index is 12.2. The Bertz CT molecular complexity index is 517. The van der Waals surface area contributed by atoms with Gasteiger partial charge < -0.3 is 4.90 Å². The van der Waals surface area contributed by atoms with Gasteiger partial charge in [0.25, 0.3) is 0 Å². The van der Waals surface area contributed by atoms with Crippen molar-refractivity contribution in [2.45, 2.75) is 31.6 Å². The Hall–Kier alpha value is -1.82. The molecule has 1 aliphatic heterocycles. The van der Waals surface area contributed by atoms with Gasteiger partial charge in [0.15, 0.2) is 0 Å². The van der Waals surface area contributed by atoms with Crippen LogP contribution in [-0.2, 0) is 4.79 Å². The molecule has 3 rings (SSSR count). The molecule has 3 heteroatoms. The first kappa shape index (κ1) is 13.2. The van der Waals surface area contributed by atoms with Crippen molar-refractivity contribution in [3.63, 3.8) is 0 Å². The molecule has 0 spiro atoms. The predicted molar refractivity (Wildman–Crippen MR) is 76.7 cm³/mol. The first-order chi connectivity index (χ1) is 9.78. The SMILES string of the molecule is N#Cc1ccc(C2CCN(C(=O)C3[CH]CC3)CC2)cc1. The van der Waals surface area contributed by atoms with E-state index in [0.29, 0.717) is 17.4 Å². The molecular formula is C17H19N2O. The molecule has 1 amide bonds. The fraction of sp³-hybridized carbons (Fsp3) is 0.471. The number of likely N-dealkylation sites (tertiary alicyclic amines) is 1. The number of hydrogen-bond acceptors (Lipinski definition) is 2. The van der Waals surface area contributed by atoms with E-state index in [4.69, 9.17) is 5.26 Å². The average Bonchev–Trinajstić information content (AvgIpc) is 2.46. The minimum Gasteiger partial charge on any atom is -0.342 e. The summed E-state index contributed by atoms with van der Waals surface area (Å²) in [5, 5.41) is 8.82. The maximum Gasteiger partial charge on any atom is 0.225 e. The van der Waals surface area contributed by atoms with Crippen LogP contribution in [0.3, 0.4) is 0 Å². The van der Waals surface area contributed by atoms with E-state index < -0.39 is 0 Å². The summed E-state index contributed by atoms with van der Waals surface area (Å²) >= 11 is 0. The molecule has 2 aliphatic rings. The van der Waals surface area contributed by atoms with E-state index in [1.54, 1.807) is 0 Å². The lowest BCUT2D eigenvalue weighted by atomic mass is 9.83. The van der Waals surface area contributed by atoms with E-state index in [1.165, 1.54) is 5.56 Å². The zero-order chi connectivity index (χ0) is 13.9. The Morgan fingerprint density at radius 1 is 1.15 bits per heavy atom. The number of nitriles is 1. The fourth-order valence-electron chi connectivity index (χ4n) is 3.06. The van der Waals surface area contributed by atoms with Gasteiger partial charge in [-0.15, -0.1) is 0 Å². The van der Waals surface area contributed by atoms with Crippen LogP contribution in [0, 0.1) is 23.7 Å². The molecule has 0 N–H and O–H groups in total. The third kappa shape index (κ3) is 2.56. The summed E-state index contributed by atoms with van der Waals surface area (Å²) in [6.45, 7) is 1.74. The summed E-state index contributed by atoms with van der Waals surface area (Å²) in [7, 11) is 0. The lowest BCUT2D eigenvalue weighted by Gasteiger charge is -2.36. The molecule has 1 aliphatic carbocycles. The van der Waals surface area contributed by atoms with Crippen LogP contribution in [0.4, 0.5) is 0 Å². The third-order valence-corrected chi connectivity index (χ3v) is 4.56. The monoisotopic (exact) mass is 267 g/mol. The van der Waals surface area contributed by atoms with E-state index in [9.17, 15) is 4.79 Å². The van der Waals surface area contributed by atoms with Gasteiger partial charge in [0.1, 0.15) is 0 Å². The average molecular weight is 267 g/mol. The second kappa shape index (κ2) is 5.66. The molecule has 20 heavy (non-hydrogen) atoms. The van der Waals surface area contributed by atoms with E-state index in [-0.39, 0.29) is 5.92 Å². The first-order valence-electron chi connectivity index (χ1n) is 7.40. The number of piperidine rings is 1. The van der Waals surface area contributed by atoms with E-state index in [1.807, 2.05) is 17.0 Å². The second-order valence-corrected chi connectivity index (χ2v) is 5.75. The molecule has 0 aromatic heterocycles. The largest absolute Gasteiger partial charge is 0.342 e. The Kier molecular flexibility index (Phi) is 3.73. The first-order valence-corrected chi connectivity index (χ1v) is 7.40. The van der Waals surface area contributed by atoms with Crippen molar-refractivity contribution in [2.75, 3.05) is 13.1 Å². The number of rotatable bonds is 2. The van der Waals surface area contributed by atoms with Gasteiger partial charge in [0.2, 0.25) is 5.91 Å². The molecule has 1 aromatic carbocycles. The molecule has 1 atom stereocenters. The Morgan fingerprint density at radius 2 is 1.80 bits per heavy atom. The van der Waals surface area contributed by atoms with Gasteiger partial charge in [-0.05, 0) is 55.7 Å². The summed E-state index contributed by atoms with van der Waals surface area (Å²) in [5.41, 5.74) is 2.01. The second-order valence-electron chi connectivity index (χ2n) is 5.75. The molecule has 1 saturated carbocycles. The van der Waals surface area contributed by atoms with Gasteiger partial charge in [0, 0.05) is 19.0 Å². The molecule has 1 saturated heterocycles. The van der Waals surface area contributed by atoms with E-state index >= 15 is 0 Å². The van der Waals surface area contributed by atoms with Crippen molar-refractivity contribution in [1.82, 2.24) is 4.90 Å². The van der Waals surface area contributed by atoms with Crippen LogP contribution in [0.15, 0.2) is 24.3 Å². The summed E-state index contributed by atoms with van der Waals surface area (Å²) in [4.78, 5) is 14.2. The van der Waals surface area contributed by atoms with Crippen molar-refractivity contribution in [2.24, 2.45) is 5.92 Å². The molecule has 1 unspecified atom stereocenters. The minimum absolute atomic E-state index is 0.196. The van der Waals surface area contributed by atoms with Crippen LogP contribution < -0.4 is 0 Å². The lowest BCUT2D eigenvalue weighted by molar-refractivity contribution is -0.137. The smallest absolute Gasteiger partial charge is 0.225 e. The summed E-state index contributed by atoms with van der Waals surface area (Å²) in [5.74, 6) is 1.05. The highest BCUT2D eigenvalue weighted by molar-refractivity contribution is 5.81. The summed E-state index contributed by atoms with van der Waals surface area (Å²) in [6, 6.07) is 10.0. The van der Waals surface area contributed by atoms with Gasteiger partial charge in [-0.1, -0.05) is 12.1 Å². The fourth-order valence-corrected chi connectivity index (χ4v) is 3.06. The van der Waals surface area contributed by atoms with Crippen molar-refractivity contribution in [1.29, 1.82) is 5.26 Å². The number of amides is 1. The summed E-state index contributed by atoms with van der Waals surface area (Å²) in [6.07, 6.45) is 6.33. The zero-order valence-corrected chi connectivity index (χ0v) is 11.6. The lowest BCUT2D eigenvalue weighted by Crippen LogP contribution is -2.43. The van der Waals surface area contributed by atoms with Gasteiger partial charge in [-0.25, -0.2) is 0 Å². The highest BCUT2D eigenvalue weighted by Gasteiger charge is 2.32. The Labute approximate surface area is 120 Å². The number of carbonyl (C=O) groups is 1. The van der Waals surface area contributed by atoms with Gasteiger partial charge in [0.05, 0.1) is 11.6 Å². The quantitative estimate of drug-likeness (QED) is 0.827. The van der Waals surface area contributed by atoms with E-state index in [2.05, 4.69) is 24.6 Å². The standard InChI is InChI=1S/C17H19N2O/c18-12-13-4-6-14(7-5-13)15-8-10-19(11-9-15)17(20)16-2-1-3-16/h2,4-7,15-16H,1,3,8-11H2. The predicted octanol–water partition coefficient (Wildman–Crippen LogP) is 2.88. The van der Waals surface area contributed by atoms with Crippen LogP contribution in [0.2, 0.25) is 0 Å². The highest BCUT2D eigenvalue weighted by Crippen LogP contribution is 2.32. The number of nitrogens with zero attached hydrogens (tertiary/aromatic N) is 2. The minimum atomic E-state index is 0.196. The third-order valence-electron chi connectivity index (χ3n) is 4.56. The zero-order valence-electron chi connectivity index (χ0n) is 11.6. The molecule has 1 heterocycles. The van der Waals surface area contributed by atoms with Crippen molar-refractivity contribution >= 4 is 5.91 Å². The number of carbonyl (C=O) groups excluding carboxylic acids is 1. The van der Waals surface area contributed by atoms with Crippen molar-refractivity contribution < 1.29 is 4.79 Å². The Morgan fingerprint density at radius 3 is 2.30 bits per heavy atom. The van der Waals surface area contributed by atoms with Crippen molar-refractivity contribution in [3.8, 4) is 6.07 Å². The van der Waals surface area contributed by atoms with Crippen LogP contribution in [0.25, 0.3) is 0 Å². The van der Waals surface area contributed by atoms with Crippen molar-refractivity contribution in [3.05, 3.63) is 41.8 Å². The maximum absolute atomic E-state index is 12.2. The normalized spacial score (nSPS) is 20.2. The topological polar surface area (TPSA) is 44.1 Å². The van der Waals surface area contributed by atoms with Gasteiger partial charge in [-0.3, -0.25) is 4.79 Å².